The van der Waals surface area contributed by atoms with E-state index >= 15 is 0 Å². The van der Waals surface area contributed by atoms with Gasteiger partial charge in [-0.3, -0.25) is 0 Å². The van der Waals surface area contributed by atoms with Crippen LogP contribution >= 0.6 is 0 Å². The number of anilines is 2. The van der Waals surface area contributed by atoms with Gasteiger partial charge in [0.15, 0.2) is 17.3 Å². The van der Waals surface area contributed by atoms with Gasteiger partial charge in [0.25, 0.3) is 0 Å². The van der Waals surface area contributed by atoms with Gasteiger partial charge in [-0.2, -0.15) is 4.98 Å². The fourth-order valence-corrected chi connectivity index (χ4v) is 4.08. The van der Waals surface area contributed by atoms with Crippen LogP contribution < -0.4 is 20.5 Å². The minimum Gasteiger partial charge on any atom is -0.493 e. The van der Waals surface area contributed by atoms with Gasteiger partial charge in [-0.15, -0.1) is 0 Å². The average Bonchev–Trinajstić information content (AvgIpc) is 2.92. The zero-order valence-corrected chi connectivity index (χ0v) is 19.5. The molecule has 0 unspecified atom stereocenters. The summed E-state index contributed by atoms with van der Waals surface area (Å²) in [5, 5.41) is 3.58. The first-order valence-corrected chi connectivity index (χ1v) is 11.2. The standard InChI is InChI=1S/C28H25N5O2/c1-34-23-16-13-20(17-24(23)35-2)21-14-15-22-26(30-21)27(33-28(29)31-22)32-25(18-9-5-3-6-10-18)19-11-7-4-8-12-19/h3-17,25H,1-2H3,(H3,29,31,32,33). The number of ether oxygens (including phenoxy) is 2. The van der Waals surface area contributed by atoms with Crippen molar-refractivity contribution >= 4 is 22.8 Å². The van der Waals surface area contributed by atoms with Crippen molar-refractivity contribution in [1.82, 2.24) is 15.0 Å². The molecule has 0 radical (unpaired) electrons. The SMILES string of the molecule is COc1ccc(-c2ccc3nc(N)nc(NC(c4ccccc4)c4ccccc4)c3n2)cc1OC. The summed E-state index contributed by atoms with van der Waals surface area (Å²) in [6.45, 7) is 0. The molecule has 2 aromatic heterocycles. The van der Waals surface area contributed by atoms with Crippen LogP contribution in [0.1, 0.15) is 17.2 Å². The lowest BCUT2D eigenvalue weighted by Crippen LogP contribution is -2.15. The summed E-state index contributed by atoms with van der Waals surface area (Å²) >= 11 is 0. The third-order valence-corrected chi connectivity index (χ3v) is 5.79. The molecule has 0 bridgehead atoms. The quantitative estimate of drug-likeness (QED) is 0.329. The van der Waals surface area contributed by atoms with Crippen molar-refractivity contribution in [2.45, 2.75) is 6.04 Å². The maximum Gasteiger partial charge on any atom is 0.222 e. The molecule has 7 nitrogen and oxygen atoms in total. The molecule has 174 valence electrons. The third-order valence-electron chi connectivity index (χ3n) is 5.79. The van der Waals surface area contributed by atoms with Gasteiger partial charge in [0.2, 0.25) is 5.95 Å². The van der Waals surface area contributed by atoms with E-state index < -0.39 is 0 Å². The molecule has 2 heterocycles. The lowest BCUT2D eigenvalue weighted by atomic mass is 9.98. The number of nitrogens with zero attached hydrogens (tertiary/aromatic N) is 3. The number of fused-ring (bicyclic) bond motifs is 1. The number of benzene rings is 3. The van der Waals surface area contributed by atoms with Crippen LogP contribution in [0, 0.1) is 0 Å². The van der Waals surface area contributed by atoms with Gasteiger partial charge in [0.05, 0.1) is 31.5 Å². The minimum atomic E-state index is -0.151. The molecule has 0 saturated heterocycles. The van der Waals surface area contributed by atoms with E-state index in [2.05, 4.69) is 39.6 Å². The molecular weight excluding hydrogens is 438 g/mol. The highest BCUT2D eigenvalue weighted by Crippen LogP contribution is 2.34. The second kappa shape index (κ2) is 9.69. The van der Waals surface area contributed by atoms with Gasteiger partial charge in [0, 0.05) is 5.56 Å². The number of rotatable bonds is 7. The number of nitrogens with one attached hydrogen (secondary N) is 1. The number of nitrogens with two attached hydrogens (primary N) is 1. The monoisotopic (exact) mass is 463 g/mol. The molecule has 5 aromatic rings. The molecular formula is C28H25N5O2. The zero-order chi connectivity index (χ0) is 24.2. The van der Waals surface area contributed by atoms with Crippen molar-refractivity contribution in [3.8, 4) is 22.8 Å². The Labute approximate surface area is 203 Å². The predicted octanol–water partition coefficient (Wildman–Crippen LogP) is 5.49. The van der Waals surface area contributed by atoms with E-state index in [1.807, 2.05) is 66.7 Å². The van der Waals surface area contributed by atoms with Crippen LogP contribution in [0.3, 0.4) is 0 Å². The molecule has 7 heteroatoms. The van der Waals surface area contributed by atoms with Gasteiger partial charge in [-0.1, -0.05) is 60.7 Å². The second-order valence-electron chi connectivity index (χ2n) is 7.96. The first kappa shape index (κ1) is 22.2. The van der Waals surface area contributed by atoms with E-state index in [0.29, 0.717) is 28.4 Å². The molecule has 0 aliphatic heterocycles. The Morgan fingerprint density at radius 3 is 2.00 bits per heavy atom. The van der Waals surface area contributed by atoms with E-state index in [-0.39, 0.29) is 12.0 Å². The molecule has 3 aromatic carbocycles. The summed E-state index contributed by atoms with van der Waals surface area (Å²) < 4.78 is 10.8. The van der Waals surface area contributed by atoms with Crippen LogP contribution in [0.25, 0.3) is 22.3 Å². The summed E-state index contributed by atoms with van der Waals surface area (Å²) in [4.78, 5) is 13.9. The normalized spacial score (nSPS) is 10.9. The van der Waals surface area contributed by atoms with Crippen molar-refractivity contribution in [1.29, 1.82) is 0 Å². The van der Waals surface area contributed by atoms with Crippen LogP contribution in [0.5, 0.6) is 11.5 Å². The first-order chi connectivity index (χ1) is 17.2. The minimum absolute atomic E-state index is 0.151. The van der Waals surface area contributed by atoms with Crippen molar-refractivity contribution in [3.63, 3.8) is 0 Å². The van der Waals surface area contributed by atoms with Crippen LogP contribution in [-0.2, 0) is 0 Å². The Morgan fingerprint density at radius 1 is 0.714 bits per heavy atom. The topological polar surface area (TPSA) is 95.2 Å². The lowest BCUT2D eigenvalue weighted by molar-refractivity contribution is 0.355. The number of hydrogen-bond donors (Lipinski definition) is 2. The van der Waals surface area contributed by atoms with Crippen LogP contribution in [0.2, 0.25) is 0 Å². The largest absolute Gasteiger partial charge is 0.493 e. The summed E-state index contributed by atoms with van der Waals surface area (Å²) in [5.74, 6) is 2.03. The van der Waals surface area contributed by atoms with E-state index in [4.69, 9.17) is 20.2 Å². The van der Waals surface area contributed by atoms with Crippen molar-refractivity contribution in [2.75, 3.05) is 25.3 Å². The van der Waals surface area contributed by atoms with Gasteiger partial charge >= 0.3 is 0 Å². The van der Waals surface area contributed by atoms with Crippen LogP contribution in [0.15, 0.2) is 91.0 Å². The Balaban J connectivity index is 1.62. The molecule has 0 amide bonds. The average molecular weight is 464 g/mol. The van der Waals surface area contributed by atoms with E-state index in [9.17, 15) is 0 Å². The van der Waals surface area contributed by atoms with Gasteiger partial charge in [-0.05, 0) is 41.5 Å². The van der Waals surface area contributed by atoms with Crippen LogP contribution in [0.4, 0.5) is 11.8 Å². The number of hydrogen-bond acceptors (Lipinski definition) is 7. The summed E-state index contributed by atoms with van der Waals surface area (Å²) in [6.07, 6.45) is 0. The smallest absolute Gasteiger partial charge is 0.222 e. The highest BCUT2D eigenvalue weighted by molar-refractivity contribution is 5.88. The molecule has 0 atom stereocenters. The van der Waals surface area contributed by atoms with Gasteiger partial charge < -0.3 is 20.5 Å². The van der Waals surface area contributed by atoms with E-state index in [1.54, 1.807) is 14.2 Å². The van der Waals surface area contributed by atoms with Crippen molar-refractivity contribution < 1.29 is 9.47 Å². The third kappa shape index (κ3) is 4.56. The Bertz CT molecular complexity index is 1420. The highest BCUT2D eigenvalue weighted by atomic mass is 16.5. The Kier molecular flexibility index (Phi) is 6.13. The maximum atomic E-state index is 6.08. The molecule has 0 spiro atoms. The maximum absolute atomic E-state index is 6.08. The number of nitrogen functional groups attached to an aromatic ring is 1. The summed E-state index contributed by atoms with van der Waals surface area (Å²) in [6, 6.07) is 29.8. The van der Waals surface area contributed by atoms with Crippen molar-refractivity contribution in [3.05, 3.63) is 102 Å². The number of methoxy groups -OCH3 is 2. The Morgan fingerprint density at radius 2 is 1.37 bits per heavy atom. The Hall–Kier alpha value is -4.65. The first-order valence-electron chi connectivity index (χ1n) is 11.2. The lowest BCUT2D eigenvalue weighted by Gasteiger charge is -2.21. The zero-order valence-electron chi connectivity index (χ0n) is 19.5. The predicted molar refractivity (Wildman–Crippen MR) is 139 cm³/mol. The van der Waals surface area contributed by atoms with Gasteiger partial charge in [0.1, 0.15) is 5.52 Å². The van der Waals surface area contributed by atoms with E-state index in [0.717, 1.165) is 22.4 Å². The van der Waals surface area contributed by atoms with E-state index in [1.165, 1.54) is 0 Å². The molecule has 35 heavy (non-hydrogen) atoms. The molecule has 3 N–H and O–H groups in total. The fraction of sp³-hybridized carbons (Fsp3) is 0.107. The molecule has 0 saturated carbocycles. The number of pyridine rings is 1. The summed E-state index contributed by atoms with van der Waals surface area (Å²) in [7, 11) is 3.22. The van der Waals surface area contributed by atoms with Crippen molar-refractivity contribution in [2.24, 2.45) is 0 Å². The molecule has 0 fully saturated rings. The number of aromatic nitrogens is 3. The van der Waals surface area contributed by atoms with Crippen LogP contribution in [-0.4, -0.2) is 29.2 Å². The summed E-state index contributed by atoms with van der Waals surface area (Å²) in [5.41, 5.74) is 11.2. The van der Waals surface area contributed by atoms with Gasteiger partial charge in [-0.25, -0.2) is 9.97 Å². The molecule has 5 rings (SSSR count). The molecule has 0 aliphatic carbocycles. The fourth-order valence-electron chi connectivity index (χ4n) is 4.08. The molecule has 0 aliphatic rings. The second-order valence-corrected chi connectivity index (χ2v) is 7.96. The highest BCUT2D eigenvalue weighted by Gasteiger charge is 2.18.